The summed E-state index contributed by atoms with van der Waals surface area (Å²) in [6, 6.07) is 24.2. The molecule has 31 heavy (non-hydrogen) atoms. The highest BCUT2D eigenvalue weighted by Gasteiger charge is 2.36. The zero-order valence-electron chi connectivity index (χ0n) is 16.9. The van der Waals surface area contributed by atoms with Crippen LogP contribution in [0.25, 0.3) is 0 Å². The molecule has 3 aromatic carbocycles. The van der Waals surface area contributed by atoms with Crippen LogP contribution in [0, 0.1) is 0 Å². The standard InChI is InChI=1S/C23H22N2O4S2/c1-2-31(27,28)25-16-21(29-20-14-8-7-13-19(20)25)23(26)24-18-12-6-9-15-22(18)30-17-10-4-3-5-11-17/h3-15,21H,2,16H2,1H3,(H,24,26). The molecule has 6 nitrogen and oxygen atoms in total. The van der Waals surface area contributed by atoms with Crippen LogP contribution < -0.4 is 14.4 Å². The second-order valence-electron chi connectivity index (χ2n) is 6.91. The molecule has 4 rings (SSSR count). The van der Waals surface area contributed by atoms with Gasteiger partial charge in [-0.2, -0.15) is 0 Å². The Morgan fingerprint density at radius 3 is 2.48 bits per heavy atom. The molecule has 0 bridgehead atoms. The molecule has 1 atom stereocenters. The molecule has 1 aliphatic heterocycles. The van der Waals surface area contributed by atoms with Crippen molar-refractivity contribution in [2.75, 3.05) is 21.9 Å². The molecule has 0 spiro atoms. The van der Waals surface area contributed by atoms with Crippen LogP contribution in [-0.2, 0) is 14.8 Å². The van der Waals surface area contributed by atoms with Gasteiger partial charge in [-0.1, -0.05) is 54.2 Å². The molecule has 1 amide bonds. The van der Waals surface area contributed by atoms with Gasteiger partial charge in [-0.15, -0.1) is 0 Å². The molecule has 0 fully saturated rings. The number of carbonyl (C=O) groups is 1. The maximum Gasteiger partial charge on any atom is 0.267 e. The summed E-state index contributed by atoms with van der Waals surface area (Å²) in [6.45, 7) is 1.51. The molecule has 1 heterocycles. The van der Waals surface area contributed by atoms with Crippen LogP contribution in [-0.4, -0.2) is 32.7 Å². The molecule has 0 saturated heterocycles. The molecule has 3 aromatic rings. The van der Waals surface area contributed by atoms with Gasteiger partial charge < -0.3 is 10.1 Å². The number of anilines is 2. The number of carbonyl (C=O) groups excluding carboxylic acids is 1. The van der Waals surface area contributed by atoms with Gasteiger partial charge in [0, 0.05) is 9.79 Å². The lowest BCUT2D eigenvalue weighted by Crippen LogP contribution is -2.49. The summed E-state index contributed by atoms with van der Waals surface area (Å²) < 4.78 is 32.4. The van der Waals surface area contributed by atoms with E-state index in [2.05, 4.69) is 5.32 Å². The van der Waals surface area contributed by atoms with Crippen LogP contribution in [0.2, 0.25) is 0 Å². The summed E-state index contributed by atoms with van der Waals surface area (Å²) >= 11 is 1.54. The van der Waals surface area contributed by atoms with Gasteiger partial charge in [0.1, 0.15) is 5.75 Å². The minimum absolute atomic E-state index is 0.0633. The van der Waals surface area contributed by atoms with E-state index >= 15 is 0 Å². The Hall–Kier alpha value is -2.97. The molecule has 0 radical (unpaired) electrons. The van der Waals surface area contributed by atoms with Gasteiger partial charge >= 0.3 is 0 Å². The van der Waals surface area contributed by atoms with Gasteiger partial charge in [0.15, 0.2) is 6.10 Å². The molecular formula is C23H22N2O4S2. The highest BCUT2D eigenvalue weighted by atomic mass is 32.2. The summed E-state index contributed by atoms with van der Waals surface area (Å²) in [5.41, 5.74) is 1.10. The van der Waals surface area contributed by atoms with E-state index < -0.39 is 22.0 Å². The Balaban J connectivity index is 1.57. The van der Waals surface area contributed by atoms with Crippen LogP contribution in [0.15, 0.2) is 88.7 Å². The van der Waals surface area contributed by atoms with E-state index in [1.165, 1.54) is 16.1 Å². The first-order chi connectivity index (χ1) is 15.0. The molecule has 8 heteroatoms. The zero-order chi connectivity index (χ0) is 21.8. The van der Waals surface area contributed by atoms with Crippen LogP contribution in [0.1, 0.15) is 6.92 Å². The molecule has 1 N–H and O–H groups in total. The number of nitrogens with one attached hydrogen (secondary N) is 1. The summed E-state index contributed by atoms with van der Waals surface area (Å²) in [4.78, 5) is 15.0. The first kappa shape index (κ1) is 21.3. The molecule has 1 unspecified atom stereocenters. The number of fused-ring (bicyclic) bond motifs is 1. The first-order valence-electron chi connectivity index (χ1n) is 9.87. The monoisotopic (exact) mass is 454 g/mol. The van der Waals surface area contributed by atoms with Gasteiger partial charge in [0.25, 0.3) is 5.91 Å². The maximum absolute atomic E-state index is 13.1. The minimum Gasteiger partial charge on any atom is -0.476 e. The molecule has 160 valence electrons. The molecule has 1 aliphatic rings. The minimum atomic E-state index is -3.55. The predicted octanol–water partition coefficient (Wildman–Crippen LogP) is 4.39. The van der Waals surface area contributed by atoms with Crippen molar-refractivity contribution in [2.45, 2.75) is 22.8 Å². The maximum atomic E-state index is 13.1. The normalized spacial score (nSPS) is 15.6. The van der Waals surface area contributed by atoms with Crippen molar-refractivity contribution in [1.29, 1.82) is 0 Å². The number of ether oxygens (including phenoxy) is 1. The number of hydrogen-bond acceptors (Lipinski definition) is 5. The number of para-hydroxylation sites is 3. The van der Waals surface area contributed by atoms with Crippen molar-refractivity contribution < 1.29 is 17.9 Å². The fourth-order valence-corrected chi connectivity index (χ4v) is 5.29. The number of hydrogen-bond donors (Lipinski definition) is 1. The second-order valence-corrected chi connectivity index (χ2v) is 10.2. The van der Waals surface area contributed by atoms with Crippen molar-refractivity contribution in [3.63, 3.8) is 0 Å². The second kappa shape index (κ2) is 9.03. The average molecular weight is 455 g/mol. The Morgan fingerprint density at radius 1 is 1.03 bits per heavy atom. The Morgan fingerprint density at radius 2 is 1.71 bits per heavy atom. The van der Waals surface area contributed by atoms with Crippen LogP contribution in [0.5, 0.6) is 5.75 Å². The smallest absolute Gasteiger partial charge is 0.267 e. The Kier molecular flexibility index (Phi) is 6.20. The summed E-state index contributed by atoms with van der Waals surface area (Å²) in [7, 11) is -3.55. The number of sulfonamides is 1. The third-order valence-electron chi connectivity index (χ3n) is 4.84. The van der Waals surface area contributed by atoms with E-state index in [0.29, 0.717) is 17.1 Å². The molecule has 0 aliphatic carbocycles. The van der Waals surface area contributed by atoms with Crippen molar-refractivity contribution in [2.24, 2.45) is 0 Å². The highest BCUT2D eigenvalue weighted by molar-refractivity contribution is 7.99. The van der Waals surface area contributed by atoms with Crippen LogP contribution in [0.4, 0.5) is 11.4 Å². The summed E-state index contributed by atoms with van der Waals surface area (Å²) in [5, 5.41) is 2.92. The van der Waals surface area contributed by atoms with Gasteiger partial charge in [-0.05, 0) is 43.3 Å². The van der Waals surface area contributed by atoms with Gasteiger partial charge in [0.05, 0.1) is 23.7 Å². The first-order valence-corrected chi connectivity index (χ1v) is 12.3. The molecule has 0 saturated carbocycles. The van der Waals surface area contributed by atoms with E-state index in [4.69, 9.17) is 4.74 Å². The van der Waals surface area contributed by atoms with Crippen LogP contribution >= 0.6 is 11.8 Å². The third kappa shape index (κ3) is 4.70. The fraction of sp³-hybridized carbons (Fsp3) is 0.174. The lowest BCUT2D eigenvalue weighted by Gasteiger charge is -2.34. The number of benzene rings is 3. The predicted molar refractivity (Wildman–Crippen MR) is 123 cm³/mol. The van der Waals surface area contributed by atoms with Crippen LogP contribution in [0.3, 0.4) is 0 Å². The zero-order valence-corrected chi connectivity index (χ0v) is 18.5. The van der Waals surface area contributed by atoms with Crippen molar-refractivity contribution >= 4 is 39.1 Å². The Labute approximate surface area is 186 Å². The number of rotatable bonds is 6. The topological polar surface area (TPSA) is 75.7 Å². The number of nitrogens with zero attached hydrogens (tertiary/aromatic N) is 1. The highest BCUT2D eigenvalue weighted by Crippen LogP contribution is 2.36. The van der Waals surface area contributed by atoms with E-state index in [1.807, 2.05) is 54.6 Å². The lowest BCUT2D eigenvalue weighted by molar-refractivity contribution is -0.122. The van der Waals surface area contributed by atoms with E-state index in [0.717, 1.165) is 9.79 Å². The largest absolute Gasteiger partial charge is 0.476 e. The van der Waals surface area contributed by atoms with E-state index in [-0.39, 0.29) is 12.3 Å². The van der Waals surface area contributed by atoms with Crippen molar-refractivity contribution in [3.05, 3.63) is 78.9 Å². The van der Waals surface area contributed by atoms with Crippen molar-refractivity contribution in [3.8, 4) is 5.75 Å². The van der Waals surface area contributed by atoms with Crippen molar-refractivity contribution in [1.82, 2.24) is 0 Å². The Bertz CT molecular complexity index is 1180. The summed E-state index contributed by atoms with van der Waals surface area (Å²) in [6.07, 6.45) is -0.967. The number of amides is 1. The van der Waals surface area contributed by atoms with E-state index in [1.54, 1.807) is 31.2 Å². The quantitative estimate of drug-likeness (QED) is 0.598. The van der Waals surface area contributed by atoms with E-state index in [9.17, 15) is 13.2 Å². The lowest BCUT2D eigenvalue weighted by atomic mass is 10.2. The van der Waals surface area contributed by atoms with Gasteiger partial charge in [0.2, 0.25) is 10.0 Å². The third-order valence-corrected chi connectivity index (χ3v) is 7.67. The SMILES string of the molecule is CCS(=O)(=O)N1CC(C(=O)Nc2ccccc2Sc2ccccc2)Oc2ccccc21. The van der Waals surface area contributed by atoms with Gasteiger partial charge in [-0.25, -0.2) is 8.42 Å². The van der Waals surface area contributed by atoms with Gasteiger partial charge in [-0.3, -0.25) is 9.10 Å². The average Bonchev–Trinajstić information content (AvgIpc) is 2.80. The molecule has 0 aromatic heterocycles. The fourth-order valence-electron chi connectivity index (χ4n) is 3.25. The molecular weight excluding hydrogens is 432 g/mol. The summed E-state index contributed by atoms with van der Waals surface area (Å²) in [5.74, 6) is -0.0866.